The van der Waals surface area contributed by atoms with Gasteiger partial charge in [-0.2, -0.15) is 0 Å². The van der Waals surface area contributed by atoms with E-state index >= 15 is 0 Å². The number of thiophene rings is 1. The molecule has 22 heavy (non-hydrogen) atoms. The molecule has 0 saturated heterocycles. The third kappa shape index (κ3) is 3.27. The van der Waals surface area contributed by atoms with Crippen LogP contribution in [0.2, 0.25) is 0 Å². The van der Waals surface area contributed by atoms with Crippen LogP contribution in [0.3, 0.4) is 0 Å². The van der Waals surface area contributed by atoms with Crippen LogP contribution in [0.1, 0.15) is 61.3 Å². The lowest BCUT2D eigenvalue weighted by molar-refractivity contribution is 0.1000. The number of rotatable bonds is 8. The highest BCUT2D eigenvalue weighted by Gasteiger charge is 2.24. The maximum atomic E-state index is 12.1. The van der Waals surface area contributed by atoms with Gasteiger partial charge < -0.3 is 10.3 Å². The van der Waals surface area contributed by atoms with Crippen molar-refractivity contribution in [1.82, 2.24) is 4.57 Å². The minimum atomic E-state index is -0.311. The van der Waals surface area contributed by atoms with Crippen molar-refractivity contribution >= 4 is 17.2 Å². The Morgan fingerprint density at radius 3 is 2.55 bits per heavy atom. The number of amides is 1. The first-order chi connectivity index (χ1) is 10.6. The number of primary amides is 1. The molecule has 0 spiro atoms. The predicted octanol–water partition coefficient (Wildman–Crippen LogP) is 4.77. The minimum Gasteiger partial charge on any atom is -0.366 e. The first-order valence-electron chi connectivity index (χ1n) is 8.17. The van der Waals surface area contributed by atoms with E-state index in [1.54, 1.807) is 11.3 Å². The summed E-state index contributed by atoms with van der Waals surface area (Å²) in [6.07, 6.45) is 5.54. The summed E-state index contributed by atoms with van der Waals surface area (Å²) in [6.45, 7) is 7.39. The van der Waals surface area contributed by atoms with Gasteiger partial charge in [0, 0.05) is 28.4 Å². The number of unbranched alkanes of at least 4 members (excludes halogenated alkanes) is 2. The Morgan fingerprint density at radius 1 is 1.27 bits per heavy atom. The van der Waals surface area contributed by atoms with Gasteiger partial charge in [-0.1, -0.05) is 32.8 Å². The van der Waals surface area contributed by atoms with E-state index < -0.39 is 0 Å². The molecule has 0 aliphatic heterocycles. The summed E-state index contributed by atoms with van der Waals surface area (Å²) in [5, 5.41) is 2.06. The second-order valence-electron chi connectivity index (χ2n) is 5.73. The summed E-state index contributed by atoms with van der Waals surface area (Å²) >= 11 is 1.68. The Bertz CT molecular complexity index is 626. The van der Waals surface area contributed by atoms with Crippen LogP contribution in [-0.2, 0) is 13.0 Å². The van der Waals surface area contributed by atoms with Crippen molar-refractivity contribution in [2.45, 2.75) is 59.4 Å². The Hall–Kier alpha value is -1.55. The van der Waals surface area contributed by atoms with Crippen molar-refractivity contribution in [3.8, 4) is 10.4 Å². The largest absolute Gasteiger partial charge is 0.366 e. The average molecular weight is 318 g/mol. The number of nitrogens with zero attached hydrogens (tertiary/aromatic N) is 1. The fraction of sp³-hybridized carbons (Fsp3) is 0.500. The molecule has 2 aromatic heterocycles. The average Bonchev–Trinajstić information content (AvgIpc) is 3.09. The van der Waals surface area contributed by atoms with Crippen LogP contribution in [0.25, 0.3) is 10.4 Å². The molecule has 3 nitrogen and oxygen atoms in total. The molecule has 0 unspecified atom stereocenters. The number of aromatic nitrogens is 1. The fourth-order valence-electron chi connectivity index (χ4n) is 3.01. The highest BCUT2D eigenvalue weighted by atomic mass is 32.1. The Morgan fingerprint density at radius 2 is 2.00 bits per heavy atom. The normalized spacial score (nSPS) is 11.0. The summed E-state index contributed by atoms with van der Waals surface area (Å²) in [7, 11) is 0. The van der Waals surface area contributed by atoms with E-state index in [1.165, 1.54) is 5.69 Å². The lowest BCUT2D eigenvalue weighted by Gasteiger charge is -2.12. The molecule has 0 aliphatic carbocycles. The van der Waals surface area contributed by atoms with E-state index in [1.807, 2.05) is 13.0 Å². The van der Waals surface area contributed by atoms with Gasteiger partial charge in [0.2, 0.25) is 0 Å². The molecule has 1 amide bonds. The van der Waals surface area contributed by atoms with E-state index in [0.717, 1.165) is 54.8 Å². The number of hydrogen-bond donors (Lipinski definition) is 1. The second kappa shape index (κ2) is 7.63. The van der Waals surface area contributed by atoms with Gasteiger partial charge in [0.25, 0.3) is 5.91 Å². The molecule has 0 radical (unpaired) electrons. The molecular weight excluding hydrogens is 292 g/mol. The standard InChI is InChI=1S/C18H26N2OS/c1-4-6-9-14-17(15-10-8-12-22-15)16(18(19)21)13(3)20(14)11-7-5-2/h8,10,12H,4-7,9,11H2,1-3H3,(H2,19,21). The Kier molecular flexibility index (Phi) is 5.83. The topological polar surface area (TPSA) is 48.0 Å². The zero-order chi connectivity index (χ0) is 16.1. The van der Waals surface area contributed by atoms with Crippen LogP contribution < -0.4 is 5.73 Å². The molecule has 0 fully saturated rings. The SMILES string of the molecule is CCCCc1c(-c2cccs2)c(C(N)=O)c(C)n1CCCC. The molecule has 0 aliphatic rings. The van der Waals surface area contributed by atoms with E-state index in [2.05, 4.69) is 29.9 Å². The van der Waals surface area contributed by atoms with E-state index in [-0.39, 0.29) is 5.91 Å². The van der Waals surface area contributed by atoms with E-state index in [9.17, 15) is 4.79 Å². The van der Waals surface area contributed by atoms with E-state index in [4.69, 9.17) is 5.73 Å². The van der Waals surface area contributed by atoms with Gasteiger partial charge in [-0.3, -0.25) is 4.79 Å². The molecule has 2 N–H and O–H groups in total. The second-order valence-corrected chi connectivity index (χ2v) is 6.68. The van der Waals surface area contributed by atoms with Gasteiger partial charge in [-0.15, -0.1) is 11.3 Å². The summed E-state index contributed by atoms with van der Waals surface area (Å²) in [6, 6.07) is 4.12. The summed E-state index contributed by atoms with van der Waals surface area (Å²) in [5.74, 6) is -0.311. The molecule has 2 aromatic rings. The van der Waals surface area contributed by atoms with Crippen molar-refractivity contribution in [3.63, 3.8) is 0 Å². The number of hydrogen-bond acceptors (Lipinski definition) is 2. The van der Waals surface area contributed by atoms with Crippen LogP contribution in [-0.4, -0.2) is 10.5 Å². The van der Waals surface area contributed by atoms with Crippen LogP contribution >= 0.6 is 11.3 Å². The number of nitrogens with two attached hydrogens (primary N) is 1. The fourth-order valence-corrected chi connectivity index (χ4v) is 3.81. The monoisotopic (exact) mass is 318 g/mol. The third-order valence-electron chi connectivity index (χ3n) is 4.15. The summed E-state index contributed by atoms with van der Waals surface area (Å²) in [5.41, 5.74) is 9.80. The highest BCUT2D eigenvalue weighted by Crippen LogP contribution is 2.36. The van der Waals surface area contributed by atoms with Gasteiger partial charge >= 0.3 is 0 Å². The summed E-state index contributed by atoms with van der Waals surface area (Å²) in [4.78, 5) is 13.2. The predicted molar refractivity (Wildman–Crippen MR) is 94.5 cm³/mol. The van der Waals surface area contributed by atoms with E-state index in [0.29, 0.717) is 5.56 Å². The zero-order valence-corrected chi connectivity index (χ0v) is 14.6. The van der Waals surface area contributed by atoms with Gasteiger partial charge in [0.1, 0.15) is 0 Å². The third-order valence-corrected chi connectivity index (χ3v) is 5.03. The molecule has 2 heterocycles. The first kappa shape index (κ1) is 16.8. The van der Waals surface area contributed by atoms with Crippen LogP contribution in [0, 0.1) is 6.92 Å². The van der Waals surface area contributed by atoms with Gasteiger partial charge in [-0.05, 0) is 37.6 Å². The van der Waals surface area contributed by atoms with Crippen LogP contribution in [0.4, 0.5) is 0 Å². The zero-order valence-electron chi connectivity index (χ0n) is 13.8. The maximum Gasteiger partial charge on any atom is 0.251 e. The molecule has 2 rings (SSSR count). The van der Waals surface area contributed by atoms with Gasteiger partial charge in [0.15, 0.2) is 0 Å². The molecule has 120 valence electrons. The van der Waals surface area contributed by atoms with Crippen molar-refractivity contribution in [3.05, 3.63) is 34.5 Å². The first-order valence-corrected chi connectivity index (χ1v) is 9.05. The van der Waals surface area contributed by atoms with Crippen LogP contribution in [0.5, 0.6) is 0 Å². The molecule has 4 heteroatoms. The maximum absolute atomic E-state index is 12.1. The van der Waals surface area contributed by atoms with Crippen molar-refractivity contribution in [2.75, 3.05) is 0 Å². The molecule has 0 atom stereocenters. The number of carbonyl (C=O) groups is 1. The summed E-state index contributed by atoms with van der Waals surface area (Å²) < 4.78 is 2.33. The smallest absolute Gasteiger partial charge is 0.251 e. The highest BCUT2D eigenvalue weighted by molar-refractivity contribution is 7.13. The van der Waals surface area contributed by atoms with Crippen molar-refractivity contribution in [1.29, 1.82) is 0 Å². The number of carbonyl (C=O) groups excluding carboxylic acids is 1. The van der Waals surface area contributed by atoms with Crippen molar-refractivity contribution in [2.24, 2.45) is 5.73 Å². The molecule has 0 saturated carbocycles. The molecule has 0 bridgehead atoms. The molecular formula is C18H26N2OS. The van der Waals surface area contributed by atoms with Gasteiger partial charge in [0.05, 0.1) is 5.56 Å². The molecule has 0 aromatic carbocycles. The van der Waals surface area contributed by atoms with Crippen LogP contribution in [0.15, 0.2) is 17.5 Å². The Balaban J connectivity index is 2.62. The minimum absolute atomic E-state index is 0.311. The lowest BCUT2D eigenvalue weighted by Crippen LogP contribution is -2.13. The Labute approximate surface area is 137 Å². The lowest BCUT2D eigenvalue weighted by atomic mass is 10.0. The quantitative estimate of drug-likeness (QED) is 0.749. The van der Waals surface area contributed by atoms with Crippen molar-refractivity contribution < 1.29 is 4.79 Å². The van der Waals surface area contributed by atoms with Gasteiger partial charge in [-0.25, -0.2) is 0 Å².